The van der Waals surface area contributed by atoms with Crippen molar-refractivity contribution >= 4 is 43.5 Å². The van der Waals surface area contributed by atoms with E-state index in [1.165, 1.54) is 18.9 Å². The average Bonchev–Trinajstić information content (AvgIpc) is 3.34. The highest BCUT2D eigenvalue weighted by Gasteiger charge is 2.34. The lowest BCUT2D eigenvalue weighted by molar-refractivity contribution is 0.380. The van der Waals surface area contributed by atoms with Crippen LogP contribution in [0.3, 0.4) is 0 Å². The number of anilines is 2. The Bertz CT molecular complexity index is 1310. The number of nitrogens with zero attached hydrogens (tertiary/aromatic N) is 5. The number of nitrogen functional groups attached to an aromatic ring is 1. The van der Waals surface area contributed by atoms with Crippen molar-refractivity contribution in [3.8, 4) is 17.1 Å². The highest BCUT2D eigenvalue weighted by Crippen LogP contribution is 2.36. The van der Waals surface area contributed by atoms with E-state index in [1.54, 1.807) is 19.4 Å². The Morgan fingerprint density at radius 2 is 1.97 bits per heavy atom. The van der Waals surface area contributed by atoms with Gasteiger partial charge in [0, 0.05) is 42.5 Å². The number of benzene rings is 1. The van der Waals surface area contributed by atoms with Crippen LogP contribution in [0.25, 0.3) is 32.4 Å². The van der Waals surface area contributed by atoms with Crippen LogP contribution in [0, 0.1) is 5.82 Å². The molecule has 158 valence electrons. The standard InChI is InChI=1S/C21H20FN7OS/c1-30-21-26-15-6-10(13-4-5-14(22)18-16(13)27-20(23)31-18)7-24-17(15)19(28-21)29-8-11-2-3-12(9-29)25-11/h4-7,11-12,25H,2-3,8-9H2,1H3,(H2,23,27). The molecule has 2 saturated heterocycles. The van der Waals surface area contributed by atoms with E-state index in [0.717, 1.165) is 46.9 Å². The number of thiazole rings is 1. The van der Waals surface area contributed by atoms with Crippen molar-refractivity contribution in [3.63, 3.8) is 0 Å². The molecule has 2 bridgehead atoms. The van der Waals surface area contributed by atoms with Crippen LogP contribution in [0.5, 0.6) is 6.01 Å². The minimum absolute atomic E-state index is 0.300. The quantitative estimate of drug-likeness (QED) is 0.504. The summed E-state index contributed by atoms with van der Waals surface area (Å²) in [4.78, 5) is 20.5. The zero-order valence-corrected chi connectivity index (χ0v) is 17.6. The van der Waals surface area contributed by atoms with E-state index in [0.29, 0.717) is 39.0 Å². The number of aromatic nitrogens is 4. The summed E-state index contributed by atoms with van der Waals surface area (Å²) in [5, 5.41) is 3.97. The van der Waals surface area contributed by atoms with Gasteiger partial charge in [0.25, 0.3) is 0 Å². The molecule has 2 atom stereocenters. The highest BCUT2D eigenvalue weighted by atomic mass is 32.1. The van der Waals surface area contributed by atoms with Crippen LogP contribution < -0.4 is 20.7 Å². The van der Waals surface area contributed by atoms with Gasteiger partial charge in [-0.1, -0.05) is 11.3 Å². The van der Waals surface area contributed by atoms with Gasteiger partial charge in [0.2, 0.25) is 0 Å². The number of pyridine rings is 1. The molecule has 3 N–H and O–H groups in total. The third kappa shape index (κ3) is 3.05. The Hall–Kier alpha value is -3.11. The maximum Gasteiger partial charge on any atom is 0.318 e. The van der Waals surface area contributed by atoms with Crippen molar-refractivity contribution in [2.75, 3.05) is 30.8 Å². The largest absolute Gasteiger partial charge is 0.467 e. The predicted octanol–water partition coefficient (Wildman–Crippen LogP) is 2.97. The van der Waals surface area contributed by atoms with Crippen LogP contribution in [0.1, 0.15) is 12.8 Å². The molecule has 0 amide bonds. The summed E-state index contributed by atoms with van der Waals surface area (Å²) >= 11 is 1.14. The molecule has 0 radical (unpaired) electrons. The summed E-state index contributed by atoms with van der Waals surface area (Å²) in [7, 11) is 1.56. The molecule has 2 aliphatic rings. The van der Waals surface area contributed by atoms with Gasteiger partial charge in [-0.15, -0.1) is 0 Å². The monoisotopic (exact) mass is 437 g/mol. The molecular weight excluding hydrogens is 417 g/mol. The Morgan fingerprint density at radius 1 is 1.16 bits per heavy atom. The van der Waals surface area contributed by atoms with Crippen molar-refractivity contribution in [2.45, 2.75) is 24.9 Å². The van der Waals surface area contributed by atoms with Gasteiger partial charge in [-0.25, -0.2) is 9.37 Å². The number of ether oxygens (including phenoxy) is 1. The van der Waals surface area contributed by atoms with Crippen LogP contribution in [0.2, 0.25) is 0 Å². The molecule has 2 aliphatic heterocycles. The second-order valence-electron chi connectivity index (χ2n) is 7.99. The fourth-order valence-electron chi connectivity index (χ4n) is 4.64. The van der Waals surface area contributed by atoms with E-state index in [9.17, 15) is 4.39 Å². The Balaban J connectivity index is 1.50. The number of nitrogens with one attached hydrogen (secondary N) is 1. The molecule has 4 aromatic rings. The molecule has 0 spiro atoms. The van der Waals surface area contributed by atoms with Crippen molar-refractivity contribution in [1.82, 2.24) is 25.3 Å². The van der Waals surface area contributed by atoms with Gasteiger partial charge in [0.1, 0.15) is 11.3 Å². The lowest BCUT2D eigenvalue weighted by Gasteiger charge is -2.34. The molecule has 3 aromatic heterocycles. The van der Waals surface area contributed by atoms with Crippen LogP contribution in [0.4, 0.5) is 15.3 Å². The molecule has 10 heteroatoms. The predicted molar refractivity (Wildman–Crippen MR) is 119 cm³/mol. The summed E-state index contributed by atoms with van der Waals surface area (Å²) in [6.07, 6.45) is 4.12. The van der Waals surface area contributed by atoms with Crippen molar-refractivity contribution in [1.29, 1.82) is 0 Å². The maximum absolute atomic E-state index is 14.2. The third-order valence-electron chi connectivity index (χ3n) is 6.02. The second-order valence-corrected chi connectivity index (χ2v) is 9.02. The lowest BCUT2D eigenvalue weighted by atomic mass is 10.1. The first kappa shape index (κ1) is 18.6. The summed E-state index contributed by atoms with van der Waals surface area (Å²) in [5.74, 6) is 0.454. The van der Waals surface area contributed by atoms with E-state index in [1.807, 2.05) is 6.07 Å². The first-order valence-electron chi connectivity index (χ1n) is 10.2. The van der Waals surface area contributed by atoms with Crippen LogP contribution in [0.15, 0.2) is 24.4 Å². The minimum atomic E-state index is -0.332. The number of rotatable bonds is 3. The molecule has 5 heterocycles. The van der Waals surface area contributed by atoms with E-state index in [2.05, 4.69) is 25.2 Å². The molecule has 6 rings (SSSR count). The molecular formula is C21H20FN7OS. The van der Waals surface area contributed by atoms with Crippen LogP contribution >= 0.6 is 11.3 Å². The van der Waals surface area contributed by atoms with E-state index >= 15 is 0 Å². The molecule has 0 aliphatic carbocycles. The number of piperazine rings is 1. The summed E-state index contributed by atoms with van der Waals surface area (Å²) in [6.45, 7) is 1.76. The summed E-state index contributed by atoms with van der Waals surface area (Å²) in [6, 6.07) is 6.30. The minimum Gasteiger partial charge on any atom is -0.467 e. The van der Waals surface area contributed by atoms with Gasteiger partial charge >= 0.3 is 6.01 Å². The van der Waals surface area contributed by atoms with Gasteiger partial charge in [-0.05, 0) is 31.0 Å². The molecule has 2 unspecified atom stereocenters. The number of methoxy groups -OCH3 is 1. The normalized spacial score (nSPS) is 20.6. The molecule has 2 fully saturated rings. The van der Waals surface area contributed by atoms with Crippen molar-refractivity contribution in [3.05, 3.63) is 30.2 Å². The smallest absolute Gasteiger partial charge is 0.318 e. The average molecular weight is 438 g/mol. The third-order valence-corrected chi connectivity index (χ3v) is 6.91. The van der Waals surface area contributed by atoms with Gasteiger partial charge in [-0.3, -0.25) is 4.98 Å². The number of hydrogen-bond acceptors (Lipinski definition) is 9. The van der Waals surface area contributed by atoms with Gasteiger partial charge in [-0.2, -0.15) is 9.97 Å². The number of halogens is 1. The van der Waals surface area contributed by atoms with Gasteiger partial charge in [0.15, 0.2) is 10.9 Å². The Labute approximate surface area is 181 Å². The zero-order valence-electron chi connectivity index (χ0n) is 16.8. The lowest BCUT2D eigenvalue weighted by Crippen LogP contribution is -2.51. The molecule has 1 aromatic carbocycles. The van der Waals surface area contributed by atoms with Crippen LogP contribution in [-0.2, 0) is 0 Å². The number of fused-ring (bicyclic) bond motifs is 4. The second kappa shape index (κ2) is 6.96. The molecule has 0 saturated carbocycles. The fourth-order valence-corrected chi connectivity index (χ4v) is 5.40. The molecule has 31 heavy (non-hydrogen) atoms. The maximum atomic E-state index is 14.2. The van der Waals surface area contributed by atoms with Gasteiger partial charge < -0.3 is 20.7 Å². The fraction of sp³-hybridized carbons (Fsp3) is 0.333. The molecule has 8 nitrogen and oxygen atoms in total. The Morgan fingerprint density at radius 3 is 2.74 bits per heavy atom. The summed E-state index contributed by atoms with van der Waals surface area (Å²) < 4.78 is 20.1. The van der Waals surface area contributed by atoms with Crippen molar-refractivity contribution in [2.24, 2.45) is 0 Å². The first-order chi connectivity index (χ1) is 15.1. The topological polar surface area (TPSA) is 102 Å². The number of nitrogens with two attached hydrogens (primary N) is 1. The number of hydrogen-bond donors (Lipinski definition) is 2. The van der Waals surface area contributed by atoms with E-state index < -0.39 is 0 Å². The summed E-state index contributed by atoms with van der Waals surface area (Å²) in [5.41, 5.74) is 9.32. The highest BCUT2D eigenvalue weighted by molar-refractivity contribution is 7.22. The first-order valence-corrected chi connectivity index (χ1v) is 11.0. The SMILES string of the molecule is COc1nc(N2CC3CCC(C2)N3)c2ncc(-c3ccc(F)c4sc(N)nc34)cc2n1. The van der Waals surface area contributed by atoms with Crippen LogP contribution in [-0.4, -0.2) is 52.2 Å². The van der Waals surface area contributed by atoms with Crippen molar-refractivity contribution < 1.29 is 9.13 Å². The van der Waals surface area contributed by atoms with Gasteiger partial charge in [0.05, 0.1) is 22.8 Å². The Kier molecular flexibility index (Phi) is 4.19. The van der Waals surface area contributed by atoms with E-state index in [-0.39, 0.29) is 5.82 Å². The zero-order chi connectivity index (χ0) is 21.1. The van der Waals surface area contributed by atoms with E-state index in [4.69, 9.17) is 15.5 Å².